The standard InChI is InChI=1S/C11H11N/c1-9-6-10-4-2-3-5-11(7-10)12-8-9/h2-6,8H,7H2,1H3. The maximum atomic E-state index is 4.36. The van der Waals surface area contributed by atoms with Gasteiger partial charge in [0.2, 0.25) is 0 Å². The third-order valence-corrected chi connectivity index (χ3v) is 1.94. The molecule has 0 aromatic heterocycles. The zero-order valence-corrected chi connectivity index (χ0v) is 7.12. The molecule has 0 spiro atoms. The van der Waals surface area contributed by atoms with E-state index in [2.05, 4.69) is 36.2 Å². The van der Waals surface area contributed by atoms with Gasteiger partial charge in [-0.15, -0.1) is 0 Å². The third kappa shape index (κ3) is 1.45. The molecule has 2 rings (SSSR count). The van der Waals surface area contributed by atoms with Crippen LogP contribution in [0.4, 0.5) is 0 Å². The van der Waals surface area contributed by atoms with E-state index in [0.29, 0.717) is 0 Å². The van der Waals surface area contributed by atoms with Gasteiger partial charge in [0.05, 0.1) is 0 Å². The van der Waals surface area contributed by atoms with Crippen molar-refractivity contribution in [2.24, 2.45) is 4.99 Å². The van der Waals surface area contributed by atoms with Crippen LogP contribution in [0.5, 0.6) is 0 Å². The van der Waals surface area contributed by atoms with Gasteiger partial charge in [0.25, 0.3) is 0 Å². The Bertz CT molecular complexity index is 338. The summed E-state index contributed by atoms with van der Waals surface area (Å²) < 4.78 is 0. The van der Waals surface area contributed by atoms with Crippen LogP contribution in [-0.4, -0.2) is 6.21 Å². The lowest BCUT2D eigenvalue weighted by Crippen LogP contribution is -1.78. The Morgan fingerprint density at radius 2 is 2.08 bits per heavy atom. The number of hydrogen-bond acceptors (Lipinski definition) is 1. The van der Waals surface area contributed by atoms with Crippen molar-refractivity contribution in [2.75, 3.05) is 0 Å². The summed E-state index contributed by atoms with van der Waals surface area (Å²) in [7, 11) is 0. The van der Waals surface area contributed by atoms with Crippen molar-refractivity contribution in [1.82, 2.24) is 0 Å². The Labute approximate surface area is 72.5 Å². The van der Waals surface area contributed by atoms with Crippen molar-refractivity contribution in [3.8, 4) is 0 Å². The maximum absolute atomic E-state index is 4.36. The molecule has 0 fully saturated rings. The largest absolute Gasteiger partial charge is 0.261 e. The number of allylic oxidation sites excluding steroid dienone is 7. The SMILES string of the molecule is CC1=CC2=CC=CC=C(C2)N=C1. The normalized spacial score (nSPS) is 20.6. The molecule has 1 heteroatoms. The van der Waals surface area contributed by atoms with E-state index < -0.39 is 0 Å². The highest BCUT2D eigenvalue weighted by molar-refractivity contribution is 5.80. The first kappa shape index (κ1) is 7.29. The molecule has 12 heavy (non-hydrogen) atoms. The summed E-state index contributed by atoms with van der Waals surface area (Å²) in [5.74, 6) is 0. The van der Waals surface area contributed by atoms with Gasteiger partial charge in [0.1, 0.15) is 0 Å². The lowest BCUT2D eigenvalue weighted by molar-refractivity contribution is 1.14. The zero-order chi connectivity index (χ0) is 8.39. The second-order valence-electron chi connectivity index (χ2n) is 3.11. The van der Waals surface area contributed by atoms with E-state index in [4.69, 9.17) is 0 Å². The Morgan fingerprint density at radius 3 is 3.00 bits per heavy atom. The van der Waals surface area contributed by atoms with Crippen molar-refractivity contribution >= 4 is 6.21 Å². The van der Waals surface area contributed by atoms with Gasteiger partial charge < -0.3 is 0 Å². The Kier molecular flexibility index (Phi) is 1.78. The van der Waals surface area contributed by atoms with Crippen LogP contribution < -0.4 is 0 Å². The van der Waals surface area contributed by atoms with Crippen LogP contribution in [0, 0.1) is 0 Å². The first-order valence-electron chi connectivity index (χ1n) is 4.13. The maximum Gasteiger partial charge on any atom is 0.0447 e. The molecule has 1 heterocycles. The van der Waals surface area contributed by atoms with E-state index in [-0.39, 0.29) is 0 Å². The molecule has 2 aliphatic rings. The molecule has 0 unspecified atom stereocenters. The Morgan fingerprint density at radius 1 is 1.25 bits per heavy atom. The molecule has 0 radical (unpaired) electrons. The van der Waals surface area contributed by atoms with Crippen molar-refractivity contribution in [2.45, 2.75) is 13.3 Å². The van der Waals surface area contributed by atoms with E-state index in [9.17, 15) is 0 Å². The van der Waals surface area contributed by atoms with E-state index >= 15 is 0 Å². The van der Waals surface area contributed by atoms with Crippen LogP contribution in [0.25, 0.3) is 0 Å². The molecule has 1 aliphatic heterocycles. The van der Waals surface area contributed by atoms with Gasteiger partial charge in [-0.2, -0.15) is 0 Å². The van der Waals surface area contributed by atoms with Gasteiger partial charge in [-0.3, -0.25) is 4.99 Å². The van der Waals surface area contributed by atoms with Crippen molar-refractivity contribution in [1.29, 1.82) is 0 Å². The highest BCUT2D eigenvalue weighted by Crippen LogP contribution is 2.20. The van der Waals surface area contributed by atoms with Gasteiger partial charge in [0.15, 0.2) is 0 Å². The first-order valence-corrected chi connectivity index (χ1v) is 4.13. The Balaban J connectivity index is 2.48. The topological polar surface area (TPSA) is 12.4 Å². The summed E-state index contributed by atoms with van der Waals surface area (Å²) in [5.41, 5.74) is 3.70. The lowest BCUT2D eigenvalue weighted by atomic mass is 10.1. The molecule has 2 bridgehead atoms. The van der Waals surface area contributed by atoms with E-state index in [1.54, 1.807) is 0 Å². The summed E-state index contributed by atoms with van der Waals surface area (Å²) in [5, 5.41) is 0. The minimum absolute atomic E-state index is 0.959. The molecule has 60 valence electrons. The van der Waals surface area contributed by atoms with Gasteiger partial charge >= 0.3 is 0 Å². The van der Waals surface area contributed by atoms with Crippen LogP contribution in [0.1, 0.15) is 13.3 Å². The monoisotopic (exact) mass is 157 g/mol. The molecule has 0 atom stereocenters. The van der Waals surface area contributed by atoms with Gasteiger partial charge in [-0.05, 0) is 24.1 Å². The van der Waals surface area contributed by atoms with Gasteiger partial charge in [0, 0.05) is 18.3 Å². The van der Waals surface area contributed by atoms with Crippen molar-refractivity contribution in [3.63, 3.8) is 0 Å². The zero-order valence-electron chi connectivity index (χ0n) is 7.12. The minimum Gasteiger partial charge on any atom is -0.261 e. The fourth-order valence-electron chi connectivity index (χ4n) is 1.38. The lowest BCUT2D eigenvalue weighted by Gasteiger charge is -1.96. The summed E-state index contributed by atoms with van der Waals surface area (Å²) in [4.78, 5) is 4.36. The average molecular weight is 157 g/mol. The quantitative estimate of drug-likeness (QED) is 0.512. The fraction of sp³-hybridized carbons (Fsp3) is 0.182. The molecule has 1 nitrogen and oxygen atoms in total. The highest BCUT2D eigenvalue weighted by Gasteiger charge is 2.03. The van der Waals surface area contributed by atoms with E-state index in [1.165, 1.54) is 11.1 Å². The average Bonchev–Trinajstić information content (AvgIpc) is 2.35. The number of hydrogen-bond donors (Lipinski definition) is 0. The predicted octanol–water partition coefficient (Wildman–Crippen LogP) is 2.79. The number of rotatable bonds is 0. The van der Waals surface area contributed by atoms with Crippen LogP contribution >= 0.6 is 0 Å². The second-order valence-corrected chi connectivity index (χ2v) is 3.11. The Hall–Kier alpha value is -1.37. The summed E-state index contributed by atoms with van der Waals surface area (Å²) >= 11 is 0. The molecule has 0 saturated carbocycles. The molecular weight excluding hydrogens is 146 g/mol. The van der Waals surface area contributed by atoms with Crippen LogP contribution in [-0.2, 0) is 0 Å². The molecule has 0 aromatic rings. The third-order valence-electron chi connectivity index (χ3n) is 1.94. The molecule has 0 N–H and O–H groups in total. The van der Waals surface area contributed by atoms with E-state index in [1.807, 2.05) is 12.3 Å². The van der Waals surface area contributed by atoms with Gasteiger partial charge in [-0.1, -0.05) is 24.3 Å². The molecule has 1 aliphatic carbocycles. The first-order chi connectivity index (χ1) is 5.84. The minimum atomic E-state index is 0.959. The highest BCUT2D eigenvalue weighted by atomic mass is 14.7. The van der Waals surface area contributed by atoms with E-state index in [0.717, 1.165) is 12.1 Å². The van der Waals surface area contributed by atoms with Crippen LogP contribution in [0.2, 0.25) is 0 Å². The summed E-state index contributed by atoms with van der Waals surface area (Å²) in [6, 6.07) is 0. The fourth-order valence-corrected chi connectivity index (χ4v) is 1.38. The van der Waals surface area contributed by atoms with Crippen molar-refractivity contribution in [3.05, 3.63) is 47.2 Å². The number of nitrogens with zero attached hydrogens (tertiary/aromatic N) is 1. The van der Waals surface area contributed by atoms with Crippen LogP contribution in [0.3, 0.4) is 0 Å². The summed E-state index contributed by atoms with van der Waals surface area (Å²) in [6.45, 7) is 2.08. The summed E-state index contributed by atoms with van der Waals surface area (Å²) in [6.07, 6.45) is 13.4. The smallest absolute Gasteiger partial charge is 0.0447 e. The predicted molar refractivity (Wildman–Crippen MR) is 52.2 cm³/mol. The molecule has 0 amide bonds. The second kappa shape index (κ2) is 2.94. The van der Waals surface area contributed by atoms with Crippen molar-refractivity contribution < 1.29 is 0 Å². The number of fused-ring (bicyclic) bond motifs is 2. The molecule has 0 aromatic carbocycles. The van der Waals surface area contributed by atoms with Crippen LogP contribution in [0.15, 0.2) is 52.2 Å². The number of aliphatic imine (C=N–C) groups is 1. The van der Waals surface area contributed by atoms with Gasteiger partial charge in [-0.25, -0.2) is 0 Å². The molecule has 0 saturated heterocycles. The molecular formula is C11H11N.